The first-order valence-corrected chi connectivity index (χ1v) is 10.3. The molecule has 0 saturated carbocycles. The smallest absolute Gasteiger partial charge is 0.330 e. The van der Waals surface area contributed by atoms with Crippen LogP contribution in [0, 0.1) is 0 Å². The molecule has 22 heavy (non-hydrogen) atoms. The molecule has 0 aromatic rings. The van der Waals surface area contributed by atoms with E-state index in [0.717, 1.165) is 0 Å². The number of rotatable bonds is 2. The van der Waals surface area contributed by atoms with Crippen molar-refractivity contribution < 1.29 is 43.3 Å². The molecule has 0 aromatic carbocycles. The summed E-state index contributed by atoms with van der Waals surface area (Å²) < 4.78 is 56.1. The van der Waals surface area contributed by atoms with Gasteiger partial charge in [0.2, 0.25) is 0 Å². The number of amides is 2. The van der Waals surface area contributed by atoms with Crippen molar-refractivity contribution in [3.63, 3.8) is 0 Å². The van der Waals surface area contributed by atoms with Crippen molar-refractivity contribution in [3.8, 4) is 0 Å². The summed E-state index contributed by atoms with van der Waals surface area (Å²) in [5, 5.41) is -5.02. The zero-order chi connectivity index (χ0) is 16.7. The fraction of sp³-hybridized carbons (Fsp3) is 0.571. The lowest BCUT2D eigenvalue weighted by atomic mass is 10.3. The molecule has 2 aliphatic heterocycles. The molecule has 2 aliphatic rings. The van der Waals surface area contributed by atoms with Crippen LogP contribution in [-0.4, -0.2) is 50.2 Å². The fourth-order valence-electron chi connectivity index (χ4n) is 1.59. The van der Waals surface area contributed by atoms with Crippen molar-refractivity contribution in [2.75, 3.05) is 0 Å². The Morgan fingerprint density at radius 3 is 1.86 bits per heavy atom. The number of imide groups is 1. The second-order valence-electron chi connectivity index (χ2n) is 3.89. The van der Waals surface area contributed by atoms with Gasteiger partial charge in [0.25, 0.3) is 32.1 Å². The third-order valence-corrected chi connectivity index (χ3v) is 8.09. The number of fused-ring (bicyclic) bond motifs is 1. The highest BCUT2D eigenvalue weighted by molar-refractivity contribution is 8.74. The average molecular weight is 393 g/mol. The van der Waals surface area contributed by atoms with Gasteiger partial charge in [0.1, 0.15) is 22.1 Å². The summed E-state index contributed by atoms with van der Waals surface area (Å²) in [6, 6.07) is 0. The normalized spacial score (nSPS) is 30.3. The Bertz CT molecular complexity index is 672. The minimum absolute atomic E-state index is 0.0477. The van der Waals surface area contributed by atoms with E-state index in [-0.39, 0.29) is 33.6 Å². The Balaban J connectivity index is 2.52. The van der Waals surface area contributed by atoms with Crippen LogP contribution in [-0.2, 0) is 46.7 Å². The molecule has 11 nitrogen and oxygen atoms in total. The maximum Gasteiger partial charge on any atom is 0.332 e. The summed E-state index contributed by atoms with van der Waals surface area (Å²) in [5.41, 5.74) is 0. The van der Waals surface area contributed by atoms with Crippen molar-refractivity contribution >= 4 is 60.2 Å². The van der Waals surface area contributed by atoms with Gasteiger partial charge in [-0.25, -0.2) is 4.79 Å². The number of hydroxylamine groups is 2. The Kier molecular flexibility index (Phi) is 4.74. The number of hydrogen-bond acceptors (Lipinski definition) is 12. The van der Waals surface area contributed by atoms with Crippen LogP contribution < -0.4 is 0 Å². The molecule has 0 bridgehead atoms. The molecule has 2 saturated heterocycles. The van der Waals surface area contributed by atoms with E-state index < -0.39 is 48.5 Å². The van der Waals surface area contributed by atoms with Crippen molar-refractivity contribution in [3.05, 3.63) is 0 Å². The van der Waals surface area contributed by atoms with Crippen LogP contribution in [0.4, 0.5) is 0 Å². The first-order valence-electron chi connectivity index (χ1n) is 5.39. The minimum atomic E-state index is -4.77. The minimum Gasteiger partial charge on any atom is -0.330 e. The van der Waals surface area contributed by atoms with E-state index in [2.05, 4.69) is 12.1 Å². The SMILES string of the molecule is CCC(=O)ON1C(=O)C2C(C1=O)S(=O)(=O)OSSOS2(=O)=O. The Hall–Kier alpha value is -0.870. The molecule has 2 atom stereocenters. The highest BCUT2D eigenvalue weighted by atomic mass is 33.1. The summed E-state index contributed by atoms with van der Waals surface area (Å²) in [4.78, 5) is 39.6. The first-order chi connectivity index (χ1) is 10.1. The Labute approximate surface area is 132 Å². The van der Waals surface area contributed by atoms with E-state index in [1.165, 1.54) is 6.92 Å². The molecule has 0 spiro atoms. The van der Waals surface area contributed by atoms with Crippen molar-refractivity contribution in [1.29, 1.82) is 0 Å². The predicted molar refractivity (Wildman–Crippen MR) is 71.0 cm³/mol. The molecule has 2 unspecified atom stereocenters. The highest BCUT2D eigenvalue weighted by Gasteiger charge is 2.64. The zero-order valence-electron chi connectivity index (χ0n) is 10.5. The molecule has 2 amide bonds. The molecule has 15 heteroatoms. The van der Waals surface area contributed by atoms with Gasteiger partial charge in [-0.15, -0.1) is 0 Å². The highest BCUT2D eigenvalue weighted by Crippen LogP contribution is 2.39. The van der Waals surface area contributed by atoms with Crippen molar-refractivity contribution in [2.24, 2.45) is 0 Å². The number of carbonyl (C=O) groups excluding carboxylic acids is 3. The van der Waals surface area contributed by atoms with Gasteiger partial charge in [-0.3, -0.25) is 9.59 Å². The van der Waals surface area contributed by atoms with Gasteiger partial charge in [-0.1, -0.05) is 12.0 Å². The van der Waals surface area contributed by atoms with Crippen LogP contribution in [0.3, 0.4) is 0 Å². The van der Waals surface area contributed by atoms with Gasteiger partial charge in [0, 0.05) is 6.42 Å². The van der Waals surface area contributed by atoms with E-state index in [1.807, 2.05) is 0 Å². The molecule has 2 heterocycles. The quantitative estimate of drug-likeness (QED) is 0.317. The zero-order valence-corrected chi connectivity index (χ0v) is 13.8. The van der Waals surface area contributed by atoms with Crippen LogP contribution in [0.2, 0.25) is 0 Å². The summed E-state index contributed by atoms with van der Waals surface area (Å²) in [5.74, 6) is -4.12. The molecular weight excluding hydrogens is 386 g/mol. The molecule has 124 valence electrons. The maximum absolute atomic E-state index is 12.0. The molecule has 0 radical (unpaired) electrons. The van der Waals surface area contributed by atoms with E-state index >= 15 is 0 Å². The second kappa shape index (κ2) is 5.97. The molecule has 0 aromatic heterocycles. The third kappa shape index (κ3) is 2.95. The lowest BCUT2D eigenvalue weighted by Gasteiger charge is -2.16. The predicted octanol–water partition coefficient (Wildman–Crippen LogP) is -1.12. The first kappa shape index (κ1) is 17.5. The van der Waals surface area contributed by atoms with E-state index in [4.69, 9.17) is 0 Å². The van der Waals surface area contributed by atoms with Crippen molar-refractivity contribution in [2.45, 2.75) is 23.8 Å². The third-order valence-electron chi connectivity index (χ3n) is 2.54. The van der Waals surface area contributed by atoms with E-state index in [1.54, 1.807) is 0 Å². The van der Waals surface area contributed by atoms with Crippen LogP contribution >= 0.6 is 22.1 Å². The van der Waals surface area contributed by atoms with E-state index in [0.29, 0.717) is 0 Å². The molecule has 0 aliphatic carbocycles. The summed E-state index contributed by atoms with van der Waals surface area (Å²) in [6.45, 7) is 1.35. The van der Waals surface area contributed by atoms with Gasteiger partial charge >= 0.3 is 5.97 Å². The monoisotopic (exact) mass is 393 g/mol. The average Bonchev–Trinajstić information content (AvgIpc) is 2.68. The van der Waals surface area contributed by atoms with Crippen LogP contribution in [0.1, 0.15) is 13.3 Å². The molecule has 0 N–H and O–H groups in total. The number of nitrogens with zero attached hydrogens (tertiary/aromatic N) is 1. The molecular formula is C7H7NO10S4. The van der Waals surface area contributed by atoms with Gasteiger partial charge in [-0.2, -0.15) is 24.1 Å². The van der Waals surface area contributed by atoms with Crippen LogP contribution in [0.15, 0.2) is 0 Å². The number of hydrogen-bond donors (Lipinski definition) is 0. The van der Waals surface area contributed by atoms with Gasteiger partial charge in [0.15, 0.2) is 10.5 Å². The number of carbonyl (C=O) groups is 3. The standard InChI is InChI=1S/C7H7NO10S4/c1-2-3(9)16-8-6(10)4-5(7(8)11)22(14,15)18-20-19-17-21(4,12)13/h4-5H,2H2,1H3. The lowest BCUT2D eigenvalue weighted by molar-refractivity contribution is -0.197. The lowest BCUT2D eigenvalue weighted by Crippen LogP contribution is -2.43. The van der Waals surface area contributed by atoms with Gasteiger partial charge < -0.3 is 4.84 Å². The molecule has 2 rings (SSSR count). The summed E-state index contributed by atoms with van der Waals surface area (Å²) in [6.07, 6.45) is -0.232. The topological polar surface area (TPSA) is 150 Å². The fourth-order valence-corrected chi connectivity index (χ4v) is 7.21. The summed E-state index contributed by atoms with van der Waals surface area (Å²) in [7, 11) is -9.54. The largest absolute Gasteiger partial charge is 0.332 e. The molecule has 2 fully saturated rings. The van der Waals surface area contributed by atoms with Crippen LogP contribution in [0.5, 0.6) is 0 Å². The van der Waals surface area contributed by atoms with Gasteiger partial charge in [-0.05, 0) is 0 Å². The summed E-state index contributed by atoms with van der Waals surface area (Å²) >= 11 is 0.0953. The van der Waals surface area contributed by atoms with Crippen molar-refractivity contribution in [1.82, 2.24) is 5.06 Å². The second-order valence-corrected chi connectivity index (χ2v) is 9.05. The Morgan fingerprint density at radius 2 is 1.50 bits per heavy atom. The van der Waals surface area contributed by atoms with Crippen LogP contribution in [0.25, 0.3) is 0 Å². The van der Waals surface area contributed by atoms with E-state index in [9.17, 15) is 31.2 Å². The Morgan fingerprint density at radius 1 is 1.09 bits per heavy atom. The maximum atomic E-state index is 12.0. The van der Waals surface area contributed by atoms with Gasteiger partial charge in [0.05, 0.1) is 0 Å².